The van der Waals surface area contributed by atoms with Crippen molar-refractivity contribution < 1.29 is 9.53 Å². The van der Waals surface area contributed by atoms with Gasteiger partial charge in [-0.15, -0.1) is 0 Å². The van der Waals surface area contributed by atoms with Crippen LogP contribution in [0.5, 0.6) is 5.75 Å². The van der Waals surface area contributed by atoms with Crippen LogP contribution in [0.2, 0.25) is 0 Å². The van der Waals surface area contributed by atoms with Crippen molar-refractivity contribution in [1.82, 2.24) is 10.3 Å². The third-order valence-corrected chi connectivity index (χ3v) is 3.07. The standard InChI is InChI=1S/C16H13N3O2/c1-21-13-4-2-12(3-5-13)15-18-14(16(20)19-15)10-11-6-8-17-9-7-11/h2-10H,1H3,(H,18,19,20)/b14-10+. The predicted molar refractivity (Wildman–Crippen MR) is 79.9 cm³/mol. The van der Waals surface area contributed by atoms with Crippen molar-refractivity contribution in [1.29, 1.82) is 0 Å². The monoisotopic (exact) mass is 279 g/mol. The van der Waals surface area contributed by atoms with Gasteiger partial charge in [0.2, 0.25) is 0 Å². The number of ether oxygens (including phenoxy) is 1. The summed E-state index contributed by atoms with van der Waals surface area (Å²) in [4.78, 5) is 20.2. The number of hydrogen-bond donors (Lipinski definition) is 1. The fraction of sp³-hybridized carbons (Fsp3) is 0.0625. The minimum atomic E-state index is -0.211. The molecule has 1 N–H and O–H groups in total. The highest BCUT2D eigenvalue weighted by atomic mass is 16.5. The fourth-order valence-corrected chi connectivity index (χ4v) is 1.97. The molecule has 2 heterocycles. The second kappa shape index (κ2) is 5.58. The first-order valence-corrected chi connectivity index (χ1v) is 6.42. The fourth-order valence-electron chi connectivity index (χ4n) is 1.97. The number of benzene rings is 1. The van der Waals surface area contributed by atoms with E-state index >= 15 is 0 Å². The average Bonchev–Trinajstić information content (AvgIpc) is 2.89. The number of hydrogen-bond acceptors (Lipinski definition) is 4. The molecule has 0 bridgehead atoms. The zero-order valence-electron chi connectivity index (χ0n) is 11.4. The van der Waals surface area contributed by atoms with Gasteiger partial charge in [-0.05, 0) is 48.0 Å². The molecule has 1 amide bonds. The molecule has 0 spiro atoms. The van der Waals surface area contributed by atoms with Crippen molar-refractivity contribution in [2.75, 3.05) is 7.11 Å². The third-order valence-electron chi connectivity index (χ3n) is 3.07. The first-order chi connectivity index (χ1) is 10.3. The molecule has 0 fully saturated rings. The van der Waals surface area contributed by atoms with E-state index in [1.54, 1.807) is 25.6 Å². The Morgan fingerprint density at radius 1 is 1.10 bits per heavy atom. The van der Waals surface area contributed by atoms with Crippen molar-refractivity contribution in [3.63, 3.8) is 0 Å². The summed E-state index contributed by atoms with van der Waals surface area (Å²) in [5.74, 6) is 1.09. The van der Waals surface area contributed by atoms with Crippen LogP contribution in [0, 0.1) is 0 Å². The highest BCUT2D eigenvalue weighted by molar-refractivity contribution is 6.19. The number of pyridine rings is 1. The Kier molecular flexibility index (Phi) is 3.47. The zero-order valence-corrected chi connectivity index (χ0v) is 11.4. The Morgan fingerprint density at radius 3 is 2.48 bits per heavy atom. The van der Waals surface area contributed by atoms with Crippen molar-refractivity contribution >= 4 is 17.8 Å². The van der Waals surface area contributed by atoms with E-state index < -0.39 is 0 Å². The zero-order chi connectivity index (χ0) is 14.7. The van der Waals surface area contributed by atoms with Gasteiger partial charge < -0.3 is 10.1 Å². The molecule has 1 aromatic carbocycles. The Balaban J connectivity index is 1.89. The molecular weight excluding hydrogens is 266 g/mol. The van der Waals surface area contributed by atoms with Crippen LogP contribution in [0.25, 0.3) is 6.08 Å². The lowest BCUT2D eigenvalue weighted by Crippen LogP contribution is -2.24. The van der Waals surface area contributed by atoms with Gasteiger partial charge in [-0.1, -0.05) is 0 Å². The molecule has 21 heavy (non-hydrogen) atoms. The van der Waals surface area contributed by atoms with Gasteiger partial charge in [-0.3, -0.25) is 9.78 Å². The number of aromatic nitrogens is 1. The number of amides is 1. The summed E-state index contributed by atoms with van der Waals surface area (Å²) in [6.45, 7) is 0. The number of nitrogens with zero attached hydrogens (tertiary/aromatic N) is 2. The van der Waals surface area contributed by atoms with Crippen LogP contribution in [-0.4, -0.2) is 23.8 Å². The third kappa shape index (κ3) is 2.81. The van der Waals surface area contributed by atoms with E-state index in [9.17, 15) is 4.79 Å². The van der Waals surface area contributed by atoms with Crippen LogP contribution in [0.4, 0.5) is 0 Å². The number of amidine groups is 1. The van der Waals surface area contributed by atoms with Crippen LogP contribution in [0.1, 0.15) is 11.1 Å². The van der Waals surface area contributed by atoms with E-state index in [0.29, 0.717) is 11.5 Å². The maximum atomic E-state index is 12.0. The average molecular weight is 279 g/mol. The van der Waals surface area contributed by atoms with Gasteiger partial charge in [-0.2, -0.15) is 0 Å². The molecule has 0 radical (unpaired) electrons. The molecule has 0 saturated carbocycles. The summed E-state index contributed by atoms with van der Waals surface area (Å²) in [6.07, 6.45) is 5.08. The number of carbonyl (C=O) groups excluding carboxylic acids is 1. The number of nitrogens with one attached hydrogen (secondary N) is 1. The van der Waals surface area contributed by atoms with E-state index in [1.807, 2.05) is 36.4 Å². The smallest absolute Gasteiger partial charge is 0.275 e. The normalized spacial score (nSPS) is 15.8. The molecule has 1 aliphatic heterocycles. The maximum Gasteiger partial charge on any atom is 0.275 e. The van der Waals surface area contributed by atoms with Crippen molar-refractivity contribution in [2.45, 2.75) is 0 Å². The van der Waals surface area contributed by atoms with E-state index in [1.165, 1.54) is 0 Å². The molecule has 0 atom stereocenters. The van der Waals surface area contributed by atoms with Crippen LogP contribution < -0.4 is 10.1 Å². The van der Waals surface area contributed by atoms with E-state index in [0.717, 1.165) is 16.9 Å². The molecule has 1 aliphatic rings. The van der Waals surface area contributed by atoms with Crippen molar-refractivity contribution in [2.24, 2.45) is 4.99 Å². The van der Waals surface area contributed by atoms with E-state index in [4.69, 9.17) is 4.74 Å². The van der Waals surface area contributed by atoms with Crippen molar-refractivity contribution in [3.05, 3.63) is 65.6 Å². The number of methoxy groups -OCH3 is 1. The molecule has 104 valence electrons. The summed E-state index contributed by atoms with van der Waals surface area (Å²) in [7, 11) is 1.61. The molecular formula is C16H13N3O2. The number of carbonyl (C=O) groups is 1. The lowest BCUT2D eigenvalue weighted by molar-refractivity contribution is -0.115. The van der Waals surface area contributed by atoms with Gasteiger partial charge >= 0.3 is 0 Å². The van der Waals surface area contributed by atoms with Gasteiger partial charge in [0.1, 0.15) is 17.3 Å². The Morgan fingerprint density at radius 2 is 1.81 bits per heavy atom. The van der Waals surface area contributed by atoms with E-state index in [2.05, 4.69) is 15.3 Å². The van der Waals surface area contributed by atoms with Gasteiger partial charge in [0.25, 0.3) is 5.91 Å². The van der Waals surface area contributed by atoms with Gasteiger partial charge in [0.05, 0.1) is 7.11 Å². The molecule has 0 saturated heterocycles. The number of rotatable bonds is 3. The molecule has 0 unspecified atom stereocenters. The topological polar surface area (TPSA) is 63.6 Å². The number of aliphatic imine (C=N–C) groups is 1. The van der Waals surface area contributed by atoms with E-state index in [-0.39, 0.29) is 5.91 Å². The molecule has 5 nitrogen and oxygen atoms in total. The predicted octanol–water partition coefficient (Wildman–Crippen LogP) is 2.01. The quantitative estimate of drug-likeness (QED) is 0.874. The van der Waals surface area contributed by atoms with Crippen LogP contribution in [0.3, 0.4) is 0 Å². The van der Waals surface area contributed by atoms with Gasteiger partial charge in [0, 0.05) is 18.0 Å². The SMILES string of the molecule is COc1ccc(C2=N/C(=C/c3ccncc3)C(=O)N2)cc1. The maximum absolute atomic E-state index is 12.0. The molecule has 0 aliphatic carbocycles. The second-order valence-electron chi connectivity index (χ2n) is 4.45. The first-order valence-electron chi connectivity index (χ1n) is 6.42. The summed E-state index contributed by atoms with van der Waals surface area (Å²) in [5, 5.41) is 2.76. The van der Waals surface area contributed by atoms with Gasteiger partial charge in [-0.25, -0.2) is 4.99 Å². The molecule has 3 rings (SSSR count). The Hall–Kier alpha value is -2.95. The Bertz CT molecular complexity index is 719. The van der Waals surface area contributed by atoms with Crippen LogP contribution >= 0.6 is 0 Å². The van der Waals surface area contributed by atoms with Crippen molar-refractivity contribution in [3.8, 4) is 5.75 Å². The lowest BCUT2D eigenvalue weighted by Gasteiger charge is -2.02. The summed E-state index contributed by atoms with van der Waals surface area (Å²) in [6, 6.07) is 11.0. The van der Waals surface area contributed by atoms with Crippen LogP contribution in [0.15, 0.2) is 59.5 Å². The first kappa shape index (κ1) is 13.1. The summed E-state index contributed by atoms with van der Waals surface area (Å²) >= 11 is 0. The minimum absolute atomic E-state index is 0.211. The van der Waals surface area contributed by atoms with Crippen LogP contribution in [-0.2, 0) is 4.79 Å². The largest absolute Gasteiger partial charge is 0.497 e. The molecule has 1 aromatic heterocycles. The Labute approximate surface area is 122 Å². The second-order valence-corrected chi connectivity index (χ2v) is 4.45. The highest BCUT2D eigenvalue weighted by Crippen LogP contribution is 2.17. The summed E-state index contributed by atoms with van der Waals surface area (Å²) in [5.41, 5.74) is 2.10. The lowest BCUT2D eigenvalue weighted by atomic mass is 10.2. The minimum Gasteiger partial charge on any atom is -0.497 e. The highest BCUT2D eigenvalue weighted by Gasteiger charge is 2.20. The molecule has 5 heteroatoms. The van der Waals surface area contributed by atoms with Gasteiger partial charge in [0.15, 0.2) is 0 Å². The summed E-state index contributed by atoms with van der Waals surface area (Å²) < 4.78 is 5.11. The molecule has 2 aromatic rings.